The molecule has 1 rings (SSSR count). The average molecular weight is 375 g/mol. The van der Waals surface area contributed by atoms with E-state index in [1.165, 1.54) is 89.5 Å². The predicted octanol–water partition coefficient (Wildman–Crippen LogP) is 7.50. The molecule has 0 N–H and O–H groups in total. The van der Waals surface area contributed by atoms with Gasteiger partial charge in [0.05, 0.1) is 10.5 Å². The van der Waals surface area contributed by atoms with Gasteiger partial charge in [-0.15, -0.1) is 0 Å². The number of nitro groups is 1. The topological polar surface area (TPSA) is 55.5 Å². The fraction of sp³-hybridized carbons (Fsp3) is 0.696. The second-order valence-corrected chi connectivity index (χ2v) is 7.45. The van der Waals surface area contributed by atoms with E-state index >= 15 is 0 Å². The minimum Gasteiger partial charge on any atom is -0.292 e. The molecule has 0 radical (unpaired) electrons. The molecule has 0 aromatic heterocycles. The van der Waals surface area contributed by atoms with E-state index in [2.05, 4.69) is 11.9 Å². The molecule has 0 heterocycles. The van der Waals surface area contributed by atoms with Gasteiger partial charge in [-0.25, -0.2) is 0 Å². The van der Waals surface area contributed by atoms with Gasteiger partial charge >= 0.3 is 0 Å². The van der Waals surface area contributed by atoms with Gasteiger partial charge in [0.25, 0.3) is 5.69 Å². The van der Waals surface area contributed by atoms with Crippen molar-refractivity contribution in [1.29, 1.82) is 0 Å². The summed E-state index contributed by atoms with van der Waals surface area (Å²) < 4.78 is 0. The quantitative estimate of drug-likeness (QED) is 0.123. The third-order valence-electron chi connectivity index (χ3n) is 5.00. The standard InChI is InChI=1S/C23H38N2O2/c1-2-3-4-5-6-7-8-9-10-11-12-13-14-17-20-24-21-22-18-15-16-19-23(22)25(26)27/h15-16,18-19,21H,2-14,17,20H2,1H3. The summed E-state index contributed by atoms with van der Waals surface area (Å²) in [6.07, 6.45) is 20.5. The maximum atomic E-state index is 10.9. The predicted molar refractivity (Wildman–Crippen MR) is 116 cm³/mol. The van der Waals surface area contributed by atoms with Gasteiger partial charge in [-0.2, -0.15) is 0 Å². The SMILES string of the molecule is CCCCCCCCCCCCCCCCN=Cc1ccccc1[N+](=O)[O-]. The van der Waals surface area contributed by atoms with Crippen LogP contribution in [0.1, 0.15) is 102 Å². The first-order valence-corrected chi connectivity index (χ1v) is 11.0. The molecular formula is C23H38N2O2. The summed E-state index contributed by atoms with van der Waals surface area (Å²) in [7, 11) is 0. The van der Waals surface area contributed by atoms with Crippen molar-refractivity contribution in [2.75, 3.05) is 6.54 Å². The van der Waals surface area contributed by atoms with Crippen molar-refractivity contribution in [3.63, 3.8) is 0 Å². The molecule has 27 heavy (non-hydrogen) atoms. The van der Waals surface area contributed by atoms with Gasteiger partial charge in [0.15, 0.2) is 0 Å². The Morgan fingerprint density at radius 1 is 0.815 bits per heavy atom. The molecule has 0 aliphatic carbocycles. The number of hydrogen-bond acceptors (Lipinski definition) is 3. The van der Waals surface area contributed by atoms with Crippen molar-refractivity contribution in [3.05, 3.63) is 39.9 Å². The molecular weight excluding hydrogens is 336 g/mol. The first-order valence-electron chi connectivity index (χ1n) is 11.0. The van der Waals surface area contributed by atoms with Crippen LogP contribution in [-0.2, 0) is 0 Å². The molecule has 4 heteroatoms. The summed E-state index contributed by atoms with van der Waals surface area (Å²) in [5.74, 6) is 0. The number of rotatable bonds is 17. The summed E-state index contributed by atoms with van der Waals surface area (Å²) in [6, 6.07) is 6.75. The van der Waals surface area contributed by atoms with Crippen LogP contribution in [0.15, 0.2) is 29.3 Å². The lowest BCUT2D eigenvalue weighted by Gasteiger charge is -2.02. The van der Waals surface area contributed by atoms with Gasteiger partial charge in [-0.1, -0.05) is 103 Å². The molecule has 0 unspecified atom stereocenters. The Bertz CT molecular complexity index is 529. The smallest absolute Gasteiger partial charge is 0.278 e. The van der Waals surface area contributed by atoms with Crippen LogP contribution in [0.4, 0.5) is 5.69 Å². The molecule has 0 amide bonds. The van der Waals surface area contributed by atoms with E-state index in [-0.39, 0.29) is 10.6 Å². The number of unbranched alkanes of at least 4 members (excludes halogenated alkanes) is 13. The highest BCUT2D eigenvalue weighted by atomic mass is 16.6. The first kappa shape index (κ1) is 23.3. The van der Waals surface area contributed by atoms with E-state index in [4.69, 9.17) is 0 Å². The van der Waals surface area contributed by atoms with Crippen LogP contribution in [0, 0.1) is 10.1 Å². The summed E-state index contributed by atoms with van der Waals surface area (Å²) in [4.78, 5) is 14.9. The van der Waals surface area contributed by atoms with E-state index < -0.39 is 0 Å². The molecule has 1 aromatic rings. The largest absolute Gasteiger partial charge is 0.292 e. The summed E-state index contributed by atoms with van der Waals surface area (Å²) in [6.45, 7) is 3.02. The zero-order valence-electron chi connectivity index (χ0n) is 17.2. The van der Waals surface area contributed by atoms with Crippen LogP contribution < -0.4 is 0 Å². The first-order chi connectivity index (χ1) is 13.3. The van der Waals surface area contributed by atoms with Crippen LogP contribution >= 0.6 is 0 Å². The molecule has 0 spiro atoms. The van der Waals surface area contributed by atoms with E-state index in [1.807, 2.05) is 0 Å². The van der Waals surface area contributed by atoms with E-state index in [1.54, 1.807) is 24.4 Å². The summed E-state index contributed by atoms with van der Waals surface area (Å²) in [5, 5.41) is 10.9. The van der Waals surface area contributed by atoms with Crippen molar-refractivity contribution in [1.82, 2.24) is 0 Å². The molecule has 0 aliphatic rings. The lowest BCUT2D eigenvalue weighted by Crippen LogP contribution is -1.94. The highest BCUT2D eigenvalue weighted by Gasteiger charge is 2.09. The van der Waals surface area contributed by atoms with Gasteiger partial charge in [-0.05, 0) is 12.5 Å². The second-order valence-electron chi connectivity index (χ2n) is 7.45. The average Bonchev–Trinajstić information content (AvgIpc) is 2.68. The fourth-order valence-corrected chi connectivity index (χ4v) is 3.32. The molecule has 1 aromatic carbocycles. The monoisotopic (exact) mass is 374 g/mol. The number of nitrogens with zero attached hydrogens (tertiary/aromatic N) is 2. The molecule has 0 fully saturated rings. The van der Waals surface area contributed by atoms with Gasteiger partial charge in [0.2, 0.25) is 0 Å². The summed E-state index contributed by atoms with van der Waals surface area (Å²) in [5.41, 5.74) is 0.718. The zero-order valence-corrected chi connectivity index (χ0v) is 17.2. The van der Waals surface area contributed by atoms with Gasteiger partial charge in [0, 0.05) is 18.8 Å². The van der Waals surface area contributed by atoms with Crippen LogP contribution in [0.25, 0.3) is 0 Å². The molecule has 0 bridgehead atoms. The van der Waals surface area contributed by atoms with Crippen molar-refractivity contribution in [2.45, 2.75) is 96.8 Å². The van der Waals surface area contributed by atoms with E-state index in [0.717, 1.165) is 13.0 Å². The minimum atomic E-state index is -0.353. The van der Waals surface area contributed by atoms with Gasteiger partial charge in [0.1, 0.15) is 0 Å². The highest BCUT2D eigenvalue weighted by molar-refractivity contribution is 5.85. The molecule has 0 atom stereocenters. The molecule has 0 saturated carbocycles. The maximum absolute atomic E-state index is 10.9. The van der Waals surface area contributed by atoms with Crippen molar-refractivity contribution >= 4 is 11.9 Å². The van der Waals surface area contributed by atoms with Crippen LogP contribution in [0.3, 0.4) is 0 Å². The van der Waals surface area contributed by atoms with Crippen LogP contribution in [0.5, 0.6) is 0 Å². The second kappa shape index (κ2) is 16.5. The molecule has 0 aliphatic heterocycles. The van der Waals surface area contributed by atoms with Crippen molar-refractivity contribution in [2.24, 2.45) is 4.99 Å². The minimum absolute atomic E-state index is 0.127. The number of aliphatic imine (C=N–C) groups is 1. The van der Waals surface area contributed by atoms with Crippen LogP contribution in [-0.4, -0.2) is 17.7 Å². The lowest BCUT2D eigenvalue weighted by atomic mass is 10.0. The number of hydrogen-bond donors (Lipinski definition) is 0. The normalized spacial score (nSPS) is 11.3. The maximum Gasteiger partial charge on any atom is 0.278 e. The van der Waals surface area contributed by atoms with Crippen molar-refractivity contribution in [3.8, 4) is 0 Å². The molecule has 0 saturated heterocycles. The Morgan fingerprint density at radius 3 is 1.81 bits per heavy atom. The Labute approximate surface area is 165 Å². The molecule has 4 nitrogen and oxygen atoms in total. The van der Waals surface area contributed by atoms with Crippen molar-refractivity contribution < 1.29 is 4.92 Å². The van der Waals surface area contributed by atoms with Gasteiger partial charge in [-0.3, -0.25) is 15.1 Å². The number of benzene rings is 1. The Balaban J connectivity index is 1.92. The summed E-state index contributed by atoms with van der Waals surface area (Å²) >= 11 is 0. The molecule has 152 valence electrons. The lowest BCUT2D eigenvalue weighted by molar-refractivity contribution is -0.385. The zero-order chi connectivity index (χ0) is 19.6. The Morgan fingerprint density at radius 2 is 1.30 bits per heavy atom. The number of para-hydroxylation sites is 1. The van der Waals surface area contributed by atoms with Crippen LogP contribution in [0.2, 0.25) is 0 Å². The Kier molecular flexibility index (Phi) is 14.2. The fourth-order valence-electron chi connectivity index (χ4n) is 3.32. The highest BCUT2D eigenvalue weighted by Crippen LogP contribution is 2.15. The van der Waals surface area contributed by atoms with E-state index in [0.29, 0.717) is 5.56 Å². The van der Waals surface area contributed by atoms with E-state index in [9.17, 15) is 10.1 Å². The van der Waals surface area contributed by atoms with Gasteiger partial charge < -0.3 is 0 Å². The third kappa shape index (κ3) is 12.3. The Hall–Kier alpha value is -1.71. The number of nitro benzene ring substituents is 1. The third-order valence-corrected chi connectivity index (χ3v) is 5.00.